The fourth-order valence-corrected chi connectivity index (χ4v) is 2.93. The lowest BCUT2D eigenvalue weighted by molar-refractivity contribution is 0.101. The molecule has 0 aliphatic heterocycles. The second-order valence-corrected chi connectivity index (χ2v) is 7.03. The van der Waals surface area contributed by atoms with Gasteiger partial charge in [0.2, 0.25) is 0 Å². The monoisotopic (exact) mass is 402 g/mol. The molecule has 3 rings (SSSR count). The Morgan fingerprint density at radius 2 is 1.57 bits per heavy atom. The molecule has 0 aromatic heterocycles. The zero-order valence-electron chi connectivity index (χ0n) is 17.3. The number of carbonyl (C=O) groups excluding carboxylic acids is 2. The van der Waals surface area contributed by atoms with Crippen molar-refractivity contribution in [2.75, 3.05) is 17.2 Å². The van der Waals surface area contributed by atoms with E-state index in [2.05, 4.69) is 17.6 Å². The molecule has 154 valence electrons. The molecule has 30 heavy (non-hydrogen) atoms. The van der Waals surface area contributed by atoms with E-state index in [1.54, 1.807) is 36.4 Å². The summed E-state index contributed by atoms with van der Waals surface area (Å²) in [6, 6.07) is 21.6. The van der Waals surface area contributed by atoms with Crippen molar-refractivity contribution in [2.45, 2.75) is 26.7 Å². The van der Waals surface area contributed by atoms with Crippen molar-refractivity contribution in [2.24, 2.45) is 0 Å². The molecule has 0 fully saturated rings. The highest BCUT2D eigenvalue weighted by atomic mass is 16.5. The number of unbranched alkanes of at least 4 members (excludes halogenated alkanes) is 1. The summed E-state index contributed by atoms with van der Waals surface area (Å²) in [6.45, 7) is 4.63. The van der Waals surface area contributed by atoms with E-state index >= 15 is 0 Å². The number of amides is 2. The fourth-order valence-electron chi connectivity index (χ4n) is 2.93. The van der Waals surface area contributed by atoms with Crippen LogP contribution in [-0.2, 0) is 0 Å². The van der Waals surface area contributed by atoms with Crippen molar-refractivity contribution in [3.05, 3.63) is 89.5 Å². The molecule has 0 bridgehead atoms. The van der Waals surface area contributed by atoms with E-state index in [1.807, 2.05) is 43.3 Å². The lowest BCUT2D eigenvalue weighted by Crippen LogP contribution is -2.14. The van der Waals surface area contributed by atoms with Crippen molar-refractivity contribution < 1.29 is 14.3 Å². The average Bonchev–Trinajstić information content (AvgIpc) is 2.76. The summed E-state index contributed by atoms with van der Waals surface area (Å²) in [7, 11) is 0. The van der Waals surface area contributed by atoms with Gasteiger partial charge in [-0.2, -0.15) is 0 Å². The number of hydrogen-bond acceptors (Lipinski definition) is 3. The summed E-state index contributed by atoms with van der Waals surface area (Å²) >= 11 is 0. The molecule has 3 aromatic carbocycles. The molecule has 0 saturated carbocycles. The number of hydrogen-bond donors (Lipinski definition) is 2. The van der Waals surface area contributed by atoms with Crippen LogP contribution in [0, 0.1) is 6.92 Å². The first-order valence-corrected chi connectivity index (χ1v) is 10.1. The van der Waals surface area contributed by atoms with Crippen molar-refractivity contribution in [1.29, 1.82) is 0 Å². The lowest BCUT2D eigenvalue weighted by atomic mass is 10.1. The van der Waals surface area contributed by atoms with Gasteiger partial charge >= 0.3 is 0 Å². The number of anilines is 2. The zero-order chi connectivity index (χ0) is 21.3. The van der Waals surface area contributed by atoms with Crippen LogP contribution in [0.5, 0.6) is 5.75 Å². The number of carbonyl (C=O) groups is 2. The van der Waals surface area contributed by atoms with E-state index in [0.29, 0.717) is 34.9 Å². The second kappa shape index (κ2) is 10.3. The van der Waals surface area contributed by atoms with Gasteiger partial charge in [0.25, 0.3) is 11.8 Å². The molecular weight excluding hydrogens is 376 g/mol. The van der Waals surface area contributed by atoms with E-state index in [9.17, 15) is 9.59 Å². The molecule has 2 N–H and O–H groups in total. The van der Waals surface area contributed by atoms with E-state index < -0.39 is 0 Å². The SMILES string of the molecule is CCCCOc1cccc(C(=O)Nc2ccc(NC(=O)c3ccccc3)c(C)c2)c1. The maximum Gasteiger partial charge on any atom is 0.255 e. The number of aryl methyl sites for hydroxylation is 1. The summed E-state index contributed by atoms with van der Waals surface area (Å²) in [6.07, 6.45) is 2.03. The predicted octanol–water partition coefficient (Wildman–Crippen LogP) is 5.68. The predicted molar refractivity (Wildman–Crippen MR) is 120 cm³/mol. The highest BCUT2D eigenvalue weighted by molar-refractivity contribution is 6.06. The van der Waals surface area contributed by atoms with Crippen LogP contribution in [-0.4, -0.2) is 18.4 Å². The fraction of sp³-hybridized carbons (Fsp3) is 0.200. The third-order valence-electron chi connectivity index (χ3n) is 4.63. The van der Waals surface area contributed by atoms with Gasteiger partial charge in [-0.05, 0) is 67.4 Å². The van der Waals surface area contributed by atoms with Crippen LogP contribution in [0.3, 0.4) is 0 Å². The van der Waals surface area contributed by atoms with Gasteiger partial charge < -0.3 is 15.4 Å². The molecule has 0 spiro atoms. The van der Waals surface area contributed by atoms with E-state index in [-0.39, 0.29) is 11.8 Å². The van der Waals surface area contributed by atoms with E-state index in [1.165, 1.54) is 0 Å². The first-order chi connectivity index (χ1) is 14.6. The number of benzene rings is 3. The Morgan fingerprint density at radius 3 is 2.30 bits per heavy atom. The van der Waals surface area contributed by atoms with Gasteiger partial charge in [0.05, 0.1) is 6.61 Å². The number of ether oxygens (including phenoxy) is 1. The maximum atomic E-state index is 12.6. The topological polar surface area (TPSA) is 67.4 Å². The summed E-state index contributed by atoms with van der Waals surface area (Å²) in [4.78, 5) is 25.0. The molecule has 0 unspecified atom stereocenters. The smallest absolute Gasteiger partial charge is 0.255 e. The first kappa shape index (κ1) is 21.1. The van der Waals surface area contributed by atoms with Crippen molar-refractivity contribution in [1.82, 2.24) is 0 Å². The molecule has 0 atom stereocenters. The standard InChI is InChI=1S/C25H26N2O3/c1-3-4-15-30-22-12-8-11-20(17-22)25(29)26-21-13-14-23(18(2)16-21)27-24(28)19-9-6-5-7-10-19/h5-14,16-17H,3-4,15H2,1-2H3,(H,26,29)(H,27,28). The third kappa shape index (κ3) is 5.70. The Labute approximate surface area is 177 Å². The summed E-state index contributed by atoms with van der Waals surface area (Å²) < 4.78 is 5.68. The Hall–Kier alpha value is -3.60. The number of nitrogens with one attached hydrogen (secondary N) is 2. The first-order valence-electron chi connectivity index (χ1n) is 10.1. The number of rotatable bonds is 8. The maximum absolute atomic E-state index is 12.6. The van der Waals surface area contributed by atoms with Crippen LogP contribution < -0.4 is 15.4 Å². The van der Waals surface area contributed by atoms with Gasteiger partial charge in [-0.3, -0.25) is 9.59 Å². The molecule has 0 radical (unpaired) electrons. The van der Waals surface area contributed by atoms with Crippen LogP contribution in [0.2, 0.25) is 0 Å². The molecular formula is C25H26N2O3. The van der Waals surface area contributed by atoms with E-state index in [4.69, 9.17) is 4.74 Å². The van der Waals surface area contributed by atoms with Gasteiger partial charge in [0.1, 0.15) is 5.75 Å². The van der Waals surface area contributed by atoms with Crippen LogP contribution in [0.15, 0.2) is 72.8 Å². The summed E-state index contributed by atoms with van der Waals surface area (Å²) in [5.41, 5.74) is 3.34. The normalized spacial score (nSPS) is 10.3. The second-order valence-electron chi connectivity index (χ2n) is 7.03. The Morgan fingerprint density at radius 1 is 0.833 bits per heavy atom. The lowest BCUT2D eigenvalue weighted by Gasteiger charge is -2.12. The molecule has 0 aliphatic carbocycles. The van der Waals surface area contributed by atoms with Crippen LogP contribution in [0.1, 0.15) is 46.0 Å². The molecule has 5 nitrogen and oxygen atoms in total. The minimum absolute atomic E-state index is 0.171. The minimum Gasteiger partial charge on any atom is -0.494 e. The highest BCUT2D eigenvalue weighted by Gasteiger charge is 2.10. The Balaban J connectivity index is 1.64. The van der Waals surface area contributed by atoms with Crippen molar-refractivity contribution in [3.8, 4) is 5.75 Å². The van der Waals surface area contributed by atoms with Crippen molar-refractivity contribution in [3.63, 3.8) is 0 Å². The Bertz CT molecular complexity index is 1020. The van der Waals surface area contributed by atoms with Gasteiger partial charge in [-0.25, -0.2) is 0 Å². The van der Waals surface area contributed by atoms with Gasteiger partial charge in [-0.1, -0.05) is 37.6 Å². The summed E-state index contributed by atoms with van der Waals surface area (Å²) in [5.74, 6) is 0.304. The highest BCUT2D eigenvalue weighted by Crippen LogP contribution is 2.22. The molecule has 0 heterocycles. The van der Waals surface area contributed by atoms with Gasteiger partial charge in [-0.15, -0.1) is 0 Å². The van der Waals surface area contributed by atoms with Crippen LogP contribution in [0.25, 0.3) is 0 Å². The molecule has 0 saturated heterocycles. The molecule has 3 aromatic rings. The molecule has 2 amide bonds. The van der Waals surface area contributed by atoms with Gasteiger partial charge in [0.15, 0.2) is 0 Å². The quantitative estimate of drug-likeness (QED) is 0.477. The van der Waals surface area contributed by atoms with Gasteiger partial charge in [0, 0.05) is 22.5 Å². The van der Waals surface area contributed by atoms with Crippen molar-refractivity contribution >= 4 is 23.2 Å². The van der Waals surface area contributed by atoms with Crippen LogP contribution >= 0.6 is 0 Å². The molecule has 0 aliphatic rings. The summed E-state index contributed by atoms with van der Waals surface area (Å²) in [5, 5.41) is 5.80. The van der Waals surface area contributed by atoms with Crippen LogP contribution in [0.4, 0.5) is 11.4 Å². The third-order valence-corrected chi connectivity index (χ3v) is 4.63. The average molecular weight is 402 g/mol. The largest absolute Gasteiger partial charge is 0.494 e. The minimum atomic E-state index is -0.212. The Kier molecular flexibility index (Phi) is 7.22. The van der Waals surface area contributed by atoms with E-state index in [0.717, 1.165) is 18.4 Å². The molecule has 5 heteroatoms. The zero-order valence-corrected chi connectivity index (χ0v) is 17.3.